The van der Waals surface area contributed by atoms with Gasteiger partial charge in [0.25, 0.3) is 11.8 Å². The molecule has 2 aliphatic heterocycles. The number of hydrogen-bond acceptors (Lipinski definition) is 5. The number of carbonyl (C=O) groups is 2. The standard InChI is InChI=1S/C26H24N4O4/c1-14-11-21-22(28(3)26(34)27(21)2)12-20(14)30-24(32)17-6-4-5-16-19(29-10-9-15(31)13-29)8-7-18(23(16)17)25(30)33/h4-8,11-12,15,31H,9-10,13H2,1-3H3. The molecule has 2 amide bonds. The molecule has 8 heteroatoms. The summed E-state index contributed by atoms with van der Waals surface area (Å²) in [7, 11) is 3.38. The number of aryl methyl sites for hydroxylation is 3. The summed E-state index contributed by atoms with van der Waals surface area (Å²) in [6.07, 6.45) is 0.314. The van der Waals surface area contributed by atoms with Gasteiger partial charge in [-0.25, -0.2) is 9.69 Å². The normalized spacial score (nSPS) is 18.1. The first-order valence-corrected chi connectivity index (χ1v) is 11.3. The highest BCUT2D eigenvalue weighted by Crippen LogP contribution is 2.39. The molecule has 6 rings (SSSR count). The summed E-state index contributed by atoms with van der Waals surface area (Å²) in [4.78, 5) is 43.2. The highest BCUT2D eigenvalue weighted by atomic mass is 16.3. The summed E-state index contributed by atoms with van der Waals surface area (Å²) < 4.78 is 3.07. The molecule has 4 aromatic rings. The first kappa shape index (κ1) is 20.7. The van der Waals surface area contributed by atoms with Crippen molar-refractivity contribution in [1.82, 2.24) is 9.13 Å². The van der Waals surface area contributed by atoms with Crippen LogP contribution in [0.1, 0.15) is 32.7 Å². The van der Waals surface area contributed by atoms with Crippen molar-refractivity contribution in [3.8, 4) is 0 Å². The summed E-state index contributed by atoms with van der Waals surface area (Å²) >= 11 is 0. The lowest BCUT2D eigenvalue weighted by molar-refractivity contribution is 0.0893. The van der Waals surface area contributed by atoms with Gasteiger partial charge in [0.1, 0.15) is 0 Å². The van der Waals surface area contributed by atoms with Crippen LogP contribution in [0.3, 0.4) is 0 Å². The number of fused-ring (bicyclic) bond motifs is 1. The molecular formula is C26H24N4O4. The van der Waals surface area contributed by atoms with Crippen molar-refractivity contribution in [3.63, 3.8) is 0 Å². The minimum atomic E-state index is -0.384. The molecule has 34 heavy (non-hydrogen) atoms. The number of aliphatic hydroxyl groups excluding tert-OH is 1. The lowest BCUT2D eigenvalue weighted by Gasteiger charge is -2.30. The van der Waals surface area contributed by atoms with Gasteiger partial charge in [-0.3, -0.25) is 18.7 Å². The zero-order chi connectivity index (χ0) is 23.9. The maximum Gasteiger partial charge on any atom is 0.328 e. The number of imidazole rings is 1. The van der Waals surface area contributed by atoms with E-state index in [2.05, 4.69) is 4.90 Å². The van der Waals surface area contributed by atoms with Crippen molar-refractivity contribution in [1.29, 1.82) is 0 Å². The van der Waals surface area contributed by atoms with Gasteiger partial charge < -0.3 is 10.0 Å². The molecule has 1 aromatic heterocycles. The molecule has 2 aliphatic rings. The minimum Gasteiger partial charge on any atom is -0.391 e. The van der Waals surface area contributed by atoms with Crippen molar-refractivity contribution in [3.05, 3.63) is 69.6 Å². The quantitative estimate of drug-likeness (QED) is 0.469. The fraction of sp³-hybridized carbons (Fsp3) is 0.269. The van der Waals surface area contributed by atoms with Gasteiger partial charge in [0.2, 0.25) is 0 Å². The van der Waals surface area contributed by atoms with E-state index >= 15 is 0 Å². The number of nitrogens with zero attached hydrogens (tertiary/aromatic N) is 4. The fourth-order valence-corrected chi connectivity index (χ4v) is 5.42. The Kier molecular flexibility index (Phi) is 4.28. The van der Waals surface area contributed by atoms with Gasteiger partial charge in [-0.1, -0.05) is 12.1 Å². The summed E-state index contributed by atoms with van der Waals surface area (Å²) in [5.74, 6) is -0.768. The number of anilines is 2. The maximum atomic E-state index is 13.7. The molecule has 3 aromatic carbocycles. The Labute approximate surface area is 195 Å². The number of benzene rings is 3. The van der Waals surface area contributed by atoms with Crippen LogP contribution in [-0.2, 0) is 14.1 Å². The molecule has 1 N–H and O–H groups in total. The van der Waals surface area contributed by atoms with Crippen molar-refractivity contribution >= 4 is 45.0 Å². The Hall–Kier alpha value is -3.91. The summed E-state index contributed by atoms with van der Waals surface area (Å²) in [6.45, 7) is 3.09. The van der Waals surface area contributed by atoms with Crippen LogP contribution in [0, 0.1) is 6.92 Å². The van der Waals surface area contributed by atoms with Crippen molar-refractivity contribution in [2.24, 2.45) is 14.1 Å². The topological polar surface area (TPSA) is 87.8 Å². The third-order valence-electron chi connectivity index (χ3n) is 7.22. The van der Waals surface area contributed by atoms with Gasteiger partial charge in [-0.05, 0) is 49.2 Å². The van der Waals surface area contributed by atoms with Crippen LogP contribution in [0.2, 0.25) is 0 Å². The van der Waals surface area contributed by atoms with E-state index in [1.807, 2.05) is 31.2 Å². The van der Waals surface area contributed by atoms with E-state index in [9.17, 15) is 19.5 Å². The van der Waals surface area contributed by atoms with Gasteiger partial charge in [0.05, 0.1) is 22.8 Å². The number of aliphatic hydroxyl groups is 1. The van der Waals surface area contributed by atoms with E-state index < -0.39 is 0 Å². The van der Waals surface area contributed by atoms with E-state index in [0.29, 0.717) is 40.7 Å². The molecule has 0 spiro atoms. The predicted octanol–water partition coefficient (Wildman–Crippen LogP) is 2.71. The van der Waals surface area contributed by atoms with Crippen molar-refractivity contribution in [2.75, 3.05) is 22.9 Å². The fourth-order valence-electron chi connectivity index (χ4n) is 5.42. The second-order valence-corrected chi connectivity index (χ2v) is 9.22. The van der Waals surface area contributed by atoms with E-state index in [0.717, 1.165) is 28.7 Å². The van der Waals surface area contributed by atoms with Gasteiger partial charge in [0.15, 0.2) is 0 Å². The predicted molar refractivity (Wildman–Crippen MR) is 131 cm³/mol. The Morgan fingerprint density at radius 1 is 0.882 bits per heavy atom. The SMILES string of the molecule is Cc1cc2c(cc1N1C(=O)c3cccc4c(N5CCC(O)C5)ccc(c34)C1=O)n(C)c(=O)n2C. The molecule has 8 nitrogen and oxygen atoms in total. The van der Waals surface area contributed by atoms with Gasteiger partial charge in [0, 0.05) is 54.8 Å². The molecule has 172 valence electrons. The van der Waals surface area contributed by atoms with Crippen LogP contribution in [0.5, 0.6) is 0 Å². The summed E-state index contributed by atoms with van der Waals surface area (Å²) in [5, 5.41) is 11.5. The molecule has 3 heterocycles. The van der Waals surface area contributed by atoms with Crippen molar-refractivity contribution < 1.29 is 14.7 Å². The number of hydrogen-bond donors (Lipinski definition) is 1. The van der Waals surface area contributed by atoms with Crippen LogP contribution in [0.4, 0.5) is 11.4 Å². The van der Waals surface area contributed by atoms with E-state index in [4.69, 9.17) is 0 Å². The monoisotopic (exact) mass is 456 g/mol. The molecule has 0 saturated carbocycles. The van der Waals surface area contributed by atoms with E-state index in [1.165, 1.54) is 9.47 Å². The smallest absolute Gasteiger partial charge is 0.328 e. The molecular weight excluding hydrogens is 432 g/mol. The lowest BCUT2D eigenvalue weighted by Crippen LogP contribution is -2.41. The Morgan fingerprint density at radius 3 is 2.24 bits per heavy atom. The lowest BCUT2D eigenvalue weighted by atomic mass is 9.92. The number of aromatic nitrogens is 2. The molecule has 0 bridgehead atoms. The van der Waals surface area contributed by atoms with E-state index in [-0.39, 0.29) is 23.6 Å². The van der Waals surface area contributed by atoms with Crippen LogP contribution in [0.25, 0.3) is 21.8 Å². The van der Waals surface area contributed by atoms with Gasteiger partial charge in [-0.2, -0.15) is 0 Å². The number of carbonyl (C=O) groups excluding carboxylic acids is 2. The molecule has 0 radical (unpaired) electrons. The van der Waals surface area contributed by atoms with Crippen LogP contribution in [-0.4, -0.2) is 45.2 Å². The number of amides is 2. The zero-order valence-corrected chi connectivity index (χ0v) is 19.2. The first-order chi connectivity index (χ1) is 16.3. The number of β-amino-alcohol motifs (C(OH)–C–C–N with tert-alkyl or cyclic N) is 1. The third-order valence-corrected chi connectivity index (χ3v) is 7.22. The van der Waals surface area contributed by atoms with Crippen molar-refractivity contribution in [2.45, 2.75) is 19.4 Å². The largest absolute Gasteiger partial charge is 0.391 e. The number of imide groups is 1. The Balaban J connectivity index is 1.54. The number of rotatable bonds is 2. The second kappa shape index (κ2) is 7.04. The van der Waals surface area contributed by atoms with E-state index in [1.54, 1.807) is 36.9 Å². The molecule has 1 atom stereocenters. The summed E-state index contributed by atoms with van der Waals surface area (Å²) in [5.41, 5.74) is 4.28. The molecule has 1 unspecified atom stereocenters. The molecule has 1 saturated heterocycles. The third kappa shape index (κ3) is 2.66. The highest BCUT2D eigenvalue weighted by Gasteiger charge is 2.36. The zero-order valence-electron chi connectivity index (χ0n) is 19.2. The molecule has 0 aliphatic carbocycles. The highest BCUT2D eigenvalue weighted by molar-refractivity contribution is 6.36. The van der Waals surface area contributed by atoms with Gasteiger partial charge in [-0.15, -0.1) is 0 Å². The average molecular weight is 457 g/mol. The molecule has 1 fully saturated rings. The van der Waals surface area contributed by atoms with Crippen LogP contribution < -0.4 is 15.5 Å². The Bertz CT molecular complexity index is 1590. The average Bonchev–Trinajstić information content (AvgIpc) is 3.34. The summed E-state index contributed by atoms with van der Waals surface area (Å²) in [6, 6.07) is 12.8. The first-order valence-electron chi connectivity index (χ1n) is 11.3. The van der Waals surface area contributed by atoms with Crippen LogP contribution >= 0.6 is 0 Å². The van der Waals surface area contributed by atoms with Crippen LogP contribution in [0.15, 0.2) is 47.3 Å². The minimum absolute atomic E-state index is 0.169. The maximum absolute atomic E-state index is 13.7. The van der Waals surface area contributed by atoms with Gasteiger partial charge >= 0.3 is 5.69 Å². The Morgan fingerprint density at radius 2 is 1.56 bits per heavy atom. The second-order valence-electron chi connectivity index (χ2n) is 9.22.